The Hall–Kier alpha value is -1.83. The van der Waals surface area contributed by atoms with Crippen LogP contribution in [-0.2, 0) is 19.6 Å². The van der Waals surface area contributed by atoms with Crippen molar-refractivity contribution in [2.24, 2.45) is 0 Å². The lowest BCUT2D eigenvalue weighted by molar-refractivity contribution is -0.148. The average molecular weight is 414 g/mol. The van der Waals surface area contributed by atoms with E-state index in [1.807, 2.05) is 0 Å². The maximum absolute atomic E-state index is 12.5. The highest BCUT2D eigenvalue weighted by Gasteiger charge is 2.25. The summed E-state index contributed by atoms with van der Waals surface area (Å²) < 4.78 is 32.8. The number of aliphatic hydroxyl groups excluding tert-OH is 1. The van der Waals surface area contributed by atoms with Gasteiger partial charge in [-0.1, -0.05) is 11.6 Å². The van der Waals surface area contributed by atoms with Gasteiger partial charge in [0.1, 0.15) is 5.60 Å². The van der Waals surface area contributed by atoms with Crippen molar-refractivity contribution in [3.63, 3.8) is 0 Å². The van der Waals surface area contributed by atoms with Gasteiger partial charge in [-0.15, -0.1) is 0 Å². The molecular formula is C19H24ClNO5S. The summed E-state index contributed by atoms with van der Waals surface area (Å²) in [6.45, 7) is 5.28. The molecule has 1 unspecified atom stereocenters. The molecule has 0 amide bonds. The SMILES string of the molecule is CC(C)(C)OC(=O)/C=C/C1=C(O)CCC(NS(=O)(=O)c2ccc(Cl)cc2)C1. The minimum Gasteiger partial charge on any atom is -0.512 e. The van der Waals surface area contributed by atoms with Crippen molar-refractivity contribution < 1.29 is 23.1 Å². The van der Waals surface area contributed by atoms with Gasteiger partial charge < -0.3 is 9.84 Å². The fraction of sp³-hybridized carbons (Fsp3) is 0.421. The lowest BCUT2D eigenvalue weighted by atomic mass is 9.93. The van der Waals surface area contributed by atoms with Gasteiger partial charge in [0.25, 0.3) is 0 Å². The second-order valence-electron chi connectivity index (χ2n) is 7.35. The van der Waals surface area contributed by atoms with Crippen molar-refractivity contribution in [1.82, 2.24) is 4.72 Å². The fourth-order valence-corrected chi connectivity index (χ4v) is 4.02. The molecule has 148 valence electrons. The molecule has 0 spiro atoms. The van der Waals surface area contributed by atoms with Crippen molar-refractivity contribution in [3.8, 4) is 0 Å². The molecule has 1 aliphatic carbocycles. The molecule has 0 saturated carbocycles. The van der Waals surface area contributed by atoms with Crippen LogP contribution in [0.15, 0.2) is 52.6 Å². The lowest BCUT2D eigenvalue weighted by Gasteiger charge is -2.24. The van der Waals surface area contributed by atoms with Gasteiger partial charge in [0, 0.05) is 23.6 Å². The van der Waals surface area contributed by atoms with Crippen LogP contribution in [0.2, 0.25) is 5.02 Å². The van der Waals surface area contributed by atoms with Crippen molar-refractivity contribution in [2.45, 2.75) is 56.6 Å². The summed E-state index contributed by atoms with van der Waals surface area (Å²) in [5.41, 5.74) is -0.0999. The Morgan fingerprint density at radius 1 is 1.30 bits per heavy atom. The monoisotopic (exact) mass is 413 g/mol. The van der Waals surface area contributed by atoms with Gasteiger partial charge in [-0.05, 0) is 69.5 Å². The number of hydrogen-bond donors (Lipinski definition) is 2. The van der Waals surface area contributed by atoms with Crippen molar-refractivity contribution in [2.75, 3.05) is 0 Å². The summed E-state index contributed by atoms with van der Waals surface area (Å²) in [5.74, 6) is -0.372. The van der Waals surface area contributed by atoms with Crippen LogP contribution in [0.3, 0.4) is 0 Å². The van der Waals surface area contributed by atoms with E-state index in [1.165, 1.54) is 36.4 Å². The maximum atomic E-state index is 12.5. The van der Waals surface area contributed by atoms with Crippen LogP contribution in [0.1, 0.15) is 40.0 Å². The second kappa shape index (κ2) is 8.46. The Bertz CT molecular complexity index is 851. The topological polar surface area (TPSA) is 92.7 Å². The van der Waals surface area contributed by atoms with Crippen LogP contribution in [-0.4, -0.2) is 31.1 Å². The average Bonchev–Trinajstić information content (AvgIpc) is 2.54. The van der Waals surface area contributed by atoms with Crippen molar-refractivity contribution in [3.05, 3.63) is 52.8 Å². The molecule has 27 heavy (non-hydrogen) atoms. The quantitative estimate of drug-likeness (QED) is 0.564. The van der Waals surface area contributed by atoms with E-state index in [0.717, 1.165) is 0 Å². The fourth-order valence-electron chi connectivity index (χ4n) is 2.63. The number of halogens is 1. The number of carbonyl (C=O) groups is 1. The van der Waals surface area contributed by atoms with Crippen LogP contribution in [0, 0.1) is 0 Å². The third-order valence-electron chi connectivity index (χ3n) is 3.84. The van der Waals surface area contributed by atoms with Crippen LogP contribution in [0.25, 0.3) is 0 Å². The minimum absolute atomic E-state index is 0.122. The molecule has 1 aliphatic rings. The number of nitrogens with one attached hydrogen (secondary N) is 1. The Balaban J connectivity index is 2.06. The first-order chi connectivity index (χ1) is 12.5. The van der Waals surface area contributed by atoms with E-state index in [-0.39, 0.29) is 23.1 Å². The van der Waals surface area contributed by atoms with Gasteiger partial charge in [0.15, 0.2) is 0 Å². The standard InChI is InChI=1S/C19H24ClNO5S/c1-19(2,3)26-18(23)11-4-13-12-15(7-10-17(13)22)21-27(24,25)16-8-5-14(20)6-9-16/h4-6,8-9,11,15,21-22H,7,10,12H2,1-3H3/b11-4+. The molecule has 1 atom stereocenters. The summed E-state index contributed by atoms with van der Waals surface area (Å²) in [6, 6.07) is 5.50. The zero-order chi connectivity index (χ0) is 20.2. The third-order valence-corrected chi connectivity index (χ3v) is 5.63. The number of benzene rings is 1. The summed E-state index contributed by atoms with van der Waals surface area (Å²) in [5, 5.41) is 10.5. The van der Waals surface area contributed by atoms with Crippen LogP contribution in [0.5, 0.6) is 0 Å². The number of sulfonamides is 1. The predicted molar refractivity (Wildman–Crippen MR) is 104 cm³/mol. The Morgan fingerprint density at radius 2 is 1.93 bits per heavy atom. The highest BCUT2D eigenvalue weighted by atomic mass is 35.5. The van der Waals surface area contributed by atoms with E-state index in [2.05, 4.69) is 4.72 Å². The predicted octanol–water partition coefficient (Wildman–Crippen LogP) is 3.88. The first kappa shape index (κ1) is 21.5. The summed E-state index contributed by atoms with van der Waals surface area (Å²) in [6.07, 6.45) is 3.78. The van der Waals surface area contributed by atoms with Crippen LogP contribution < -0.4 is 4.72 Å². The Morgan fingerprint density at radius 3 is 2.52 bits per heavy atom. The Labute approximate surface area is 164 Å². The zero-order valence-electron chi connectivity index (χ0n) is 15.5. The van der Waals surface area contributed by atoms with E-state index >= 15 is 0 Å². The first-order valence-corrected chi connectivity index (χ1v) is 10.4. The van der Waals surface area contributed by atoms with Crippen LogP contribution >= 0.6 is 11.6 Å². The van der Waals surface area contributed by atoms with E-state index in [4.69, 9.17) is 16.3 Å². The van der Waals surface area contributed by atoms with E-state index in [9.17, 15) is 18.3 Å². The molecule has 1 aromatic rings. The number of ether oxygens (including phenoxy) is 1. The van der Waals surface area contributed by atoms with Gasteiger partial charge in [-0.2, -0.15) is 0 Å². The van der Waals surface area contributed by atoms with Crippen molar-refractivity contribution in [1.29, 1.82) is 0 Å². The van der Waals surface area contributed by atoms with Crippen molar-refractivity contribution >= 4 is 27.6 Å². The molecule has 0 aromatic heterocycles. The molecule has 0 aliphatic heterocycles. The third kappa shape index (κ3) is 6.68. The summed E-state index contributed by atoms with van der Waals surface area (Å²) >= 11 is 5.79. The van der Waals surface area contributed by atoms with E-state index < -0.39 is 21.6 Å². The number of esters is 1. The van der Waals surface area contributed by atoms with Gasteiger partial charge in [-0.3, -0.25) is 0 Å². The lowest BCUT2D eigenvalue weighted by Crippen LogP contribution is -2.36. The largest absolute Gasteiger partial charge is 0.512 e. The summed E-state index contributed by atoms with van der Waals surface area (Å²) in [7, 11) is -3.70. The van der Waals surface area contributed by atoms with Gasteiger partial charge in [0.05, 0.1) is 10.7 Å². The molecule has 0 heterocycles. The molecule has 0 radical (unpaired) electrons. The number of carbonyl (C=O) groups excluding carboxylic acids is 1. The number of hydrogen-bond acceptors (Lipinski definition) is 5. The summed E-state index contributed by atoms with van der Waals surface area (Å²) in [4.78, 5) is 11.9. The number of rotatable bonds is 5. The molecule has 2 N–H and O–H groups in total. The van der Waals surface area contributed by atoms with E-state index in [1.54, 1.807) is 20.8 Å². The molecular weight excluding hydrogens is 390 g/mol. The highest BCUT2D eigenvalue weighted by molar-refractivity contribution is 7.89. The zero-order valence-corrected chi connectivity index (χ0v) is 17.1. The molecule has 0 fully saturated rings. The van der Waals surface area contributed by atoms with Gasteiger partial charge in [0.2, 0.25) is 10.0 Å². The molecule has 1 aromatic carbocycles. The first-order valence-electron chi connectivity index (χ1n) is 8.56. The maximum Gasteiger partial charge on any atom is 0.331 e. The molecule has 8 heteroatoms. The van der Waals surface area contributed by atoms with Crippen LogP contribution in [0.4, 0.5) is 0 Å². The van der Waals surface area contributed by atoms with Gasteiger partial charge >= 0.3 is 5.97 Å². The molecule has 0 bridgehead atoms. The van der Waals surface area contributed by atoms with E-state index in [0.29, 0.717) is 23.4 Å². The highest BCUT2D eigenvalue weighted by Crippen LogP contribution is 2.26. The number of aliphatic hydroxyl groups is 1. The second-order valence-corrected chi connectivity index (χ2v) is 9.50. The minimum atomic E-state index is -3.70. The van der Waals surface area contributed by atoms with Gasteiger partial charge in [-0.25, -0.2) is 17.9 Å². The molecule has 6 nitrogen and oxygen atoms in total. The molecule has 0 saturated heterocycles. The Kier molecular flexibility index (Phi) is 6.72. The smallest absolute Gasteiger partial charge is 0.331 e. The number of allylic oxidation sites excluding steroid dienone is 2. The normalized spacial score (nSPS) is 18.7. The molecule has 2 rings (SSSR count).